The average Bonchev–Trinajstić information content (AvgIpc) is 3.01. The van der Waals surface area contributed by atoms with Gasteiger partial charge in [0.25, 0.3) is 11.8 Å². The van der Waals surface area contributed by atoms with Gasteiger partial charge in [-0.3, -0.25) is 9.59 Å². The molecule has 0 atom stereocenters. The van der Waals surface area contributed by atoms with Crippen LogP contribution in [0.1, 0.15) is 23.6 Å². The first-order valence-electron chi connectivity index (χ1n) is 10.3. The van der Waals surface area contributed by atoms with E-state index >= 15 is 0 Å². The predicted octanol–water partition coefficient (Wildman–Crippen LogP) is 5.24. The molecule has 0 fully saturated rings. The highest BCUT2D eigenvalue weighted by Gasteiger charge is 2.40. The minimum atomic E-state index is -0.537. The van der Waals surface area contributed by atoms with Gasteiger partial charge in [-0.1, -0.05) is 30.3 Å². The molecular weight excluding hydrogens is 407 g/mol. The van der Waals surface area contributed by atoms with Crippen LogP contribution in [0.3, 0.4) is 0 Å². The number of nitrogens with one attached hydrogen (secondary N) is 1. The summed E-state index contributed by atoms with van der Waals surface area (Å²) in [6, 6.07) is 18.3. The molecule has 2 amide bonds. The quantitative estimate of drug-likeness (QED) is 0.544. The van der Waals surface area contributed by atoms with E-state index in [1.54, 1.807) is 24.3 Å². The van der Waals surface area contributed by atoms with Crippen LogP contribution in [-0.2, 0) is 9.59 Å². The second kappa shape index (κ2) is 8.67. The highest BCUT2D eigenvalue weighted by molar-refractivity contribution is 6.46. The minimum Gasteiger partial charge on any atom is -0.494 e. The Kier molecular flexibility index (Phi) is 5.77. The Bertz CT molecular complexity index is 1230. The van der Waals surface area contributed by atoms with Gasteiger partial charge in [0.05, 0.1) is 17.9 Å². The lowest BCUT2D eigenvalue weighted by Crippen LogP contribution is -2.32. The van der Waals surface area contributed by atoms with E-state index < -0.39 is 17.6 Å². The van der Waals surface area contributed by atoms with Crippen LogP contribution in [0.15, 0.2) is 72.4 Å². The van der Waals surface area contributed by atoms with Crippen molar-refractivity contribution in [3.8, 4) is 5.75 Å². The molecule has 0 radical (unpaired) electrons. The van der Waals surface area contributed by atoms with E-state index in [9.17, 15) is 14.0 Å². The summed E-state index contributed by atoms with van der Waals surface area (Å²) < 4.78 is 19.4. The molecule has 162 valence electrons. The predicted molar refractivity (Wildman–Crippen MR) is 123 cm³/mol. The van der Waals surface area contributed by atoms with Gasteiger partial charge in [-0.2, -0.15) is 0 Å². The van der Waals surface area contributed by atoms with Crippen LogP contribution in [0, 0.1) is 19.7 Å². The first-order chi connectivity index (χ1) is 15.4. The third kappa shape index (κ3) is 3.99. The molecule has 1 N–H and O–H groups in total. The van der Waals surface area contributed by atoms with Gasteiger partial charge in [-0.15, -0.1) is 0 Å². The Labute approximate surface area is 186 Å². The number of imide groups is 1. The van der Waals surface area contributed by atoms with Gasteiger partial charge in [0.2, 0.25) is 0 Å². The van der Waals surface area contributed by atoms with Gasteiger partial charge < -0.3 is 10.1 Å². The van der Waals surface area contributed by atoms with Crippen LogP contribution >= 0.6 is 0 Å². The zero-order valence-electron chi connectivity index (χ0n) is 18.1. The number of aryl methyl sites for hydroxylation is 2. The summed E-state index contributed by atoms with van der Waals surface area (Å²) in [5.74, 6) is -0.913. The van der Waals surface area contributed by atoms with Crippen LogP contribution in [0.4, 0.5) is 15.8 Å². The lowest BCUT2D eigenvalue weighted by atomic mass is 10.0. The lowest BCUT2D eigenvalue weighted by Gasteiger charge is -2.16. The van der Waals surface area contributed by atoms with E-state index in [-0.39, 0.29) is 17.0 Å². The van der Waals surface area contributed by atoms with Gasteiger partial charge in [0.1, 0.15) is 17.3 Å². The summed E-state index contributed by atoms with van der Waals surface area (Å²) in [5.41, 5.74) is 3.80. The zero-order valence-corrected chi connectivity index (χ0v) is 18.1. The summed E-state index contributed by atoms with van der Waals surface area (Å²) in [4.78, 5) is 27.9. The maximum Gasteiger partial charge on any atom is 0.282 e. The first-order valence-corrected chi connectivity index (χ1v) is 10.3. The van der Waals surface area contributed by atoms with E-state index in [4.69, 9.17) is 4.74 Å². The molecular formula is C26H23FN2O3. The minimum absolute atomic E-state index is 0.150. The average molecular weight is 430 g/mol. The van der Waals surface area contributed by atoms with Gasteiger partial charge in [-0.05, 0) is 73.9 Å². The van der Waals surface area contributed by atoms with Gasteiger partial charge in [0, 0.05) is 5.69 Å². The zero-order chi connectivity index (χ0) is 22.8. The van der Waals surface area contributed by atoms with Crippen LogP contribution < -0.4 is 15.0 Å². The van der Waals surface area contributed by atoms with E-state index in [2.05, 4.69) is 5.32 Å². The topological polar surface area (TPSA) is 58.6 Å². The maximum atomic E-state index is 13.9. The Hall–Kier alpha value is -3.93. The van der Waals surface area contributed by atoms with Crippen molar-refractivity contribution in [3.05, 3.63) is 94.9 Å². The number of nitrogens with zero attached hydrogens (tertiary/aromatic N) is 1. The van der Waals surface area contributed by atoms with Crippen LogP contribution in [0.5, 0.6) is 5.75 Å². The fourth-order valence-electron chi connectivity index (χ4n) is 3.65. The van der Waals surface area contributed by atoms with Crippen molar-refractivity contribution < 1.29 is 18.7 Å². The molecule has 1 aliphatic heterocycles. The first kappa shape index (κ1) is 21.3. The summed E-state index contributed by atoms with van der Waals surface area (Å²) in [7, 11) is 0. The molecule has 3 aromatic rings. The van der Waals surface area contributed by atoms with Crippen molar-refractivity contribution in [2.45, 2.75) is 20.8 Å². The monoisotopic (exact) mass is 430 g/mol. The van der Waals surface area contributed by atoms with E-state index in [0.29, 0.717) is 17.9 Å². The molecule has 4 rings (SSSR count). The Morgan fingerprint density at radius 1 is 0.938 bits per heavy atom. The lowest BCUT2D eigenvalue weighted by molar-refractivity contribution is -0.120. The molecule has 0 aliphatic carbocycles. The number of carbonyl (C=O) groups is 2. The van der Waals surface area contributed by atoms with Crippen LogP contribution in [0.25, 0.3) is 5.57 Å². The third-order valence-electron chi connectivity index (χ3n) is 5.26. The highest BCUT2D eigenvalue weighted by atomic mass is 19.1. The Morgan fingerprint density at radius 3 is 2.38 bits per heavy atom. The number of anilines is 2. The summed E-state index contributed by atoms with van der Waals surface area (Å²) in [6.07, 6.45) is 0. The SMILES string of the molecule is CCOc1ccc(C2=C(Nc3cc(C)ccc3C)C(=O)N(c3cccc(F)c3)C2=O)cc1. The summed E-state index contributed by atoms with van der Waals surface area (Å²) in [6.45, 7) is 6.28. The highest BCUT2D eigenvalue weighted by Crippen LogP contribution is 2.35. The largest absolute Gasteiger partial charge is 0.494 e. The standard InChI is InChI=1S/C26H23FN2O3/c1-4-32-21-12-10-18(11-13-21)23-24(28-22-14-16(2)8-9-17(22)3)26(31)29(25(23)30)20-7-5-6-19(27)15-20/h5-15,28H,4H2,1-3H3. The molecule has 1 aliphatic rings. The number of benzene rings is 3. The number of hydrogen-bond donors (Lipinski definition) is 1. The Morgan fingerprint density at radius 2 is 1.69 bits per heavy atom. The van der Waals surface area contributed by atoms with Crippen molar-refractivity contribution in [2.75, 3.05) is 16.8 Å². The van der Waals surface area contributed by atoms with Crippen LogP contribution in [-0.4, -0.2) is 18.4 Å². The molecule has 0 saturated carbocycles. The molecule has 6 heteroatoms. The number of rotatable bonds is 6. The molecule has 3 aromatic carbocycles. The number of ether oxygens (including phenoxy) is 1. The van der Waals surface area contributed by atoms with Crippen molar-refractivity contribution >= 4 is 28.8 Å². The van der Waals surface area contributed by atoms with Crippen molar-refractivity contribution in [1.82, 2.24) is 0 Å². The number of carbonyl (C=O) groups excluding carboxylic acids is 2. The maximum absolute atomic E-state index is 13.9. The molecule has 0 bridgehead atoms. The molecule has 32 heavy (non-hydrogen) atoms. The number of hydrogen-bond acceptors (Lipinski definition) is 4. The number of halogens is 1. The second-order valence-electron chi connectivity index (χ2n) is 7.58. The van der Waals surface area contributed by atoms with E-state index in [0.717, 1.165) is 21.7 Å². The summed E-state index contributed by atoms with van der Waals surface area (Å²) in [5, 5.41) is 3.18. The van der Waals surface area contributed by atoms with Crippen LogP contribution in [0.2, 0.25) is 0 Å². The third-order valence-corrected chi connectivity index (χ3v) is 5.26. The molecule has 0 unspecified atom stereocenters. The fourth-order valence-corrected chi connectivity index (χ4v) is 3.65. The van der Waals surface area contributed by atoms with Crippen molar-refractivity contribution in [1.29, 1.82) is 0 Å². The van der Waals surface area contributed by atoms with Gasteiger partial charge >= 0.3 is 0 Å². The van der Waals surface area contributed by atoms with Crippen molar-refractivity contribution in [2.24, 2.45) is 0 Å². The normalized spacial score (nSPS) is 13.7. The second-order valence-corrected chi connectivity index (χ2v) is 7.58. The smallest absolute Gasteiger partial charge is 0.282 e. The van der Waals surface area contributed by atoms with Gasteiger partial charge in [-0.25, -0.2) is 9.29 Å². The summed E-state index contributed by atoms with van der Waals surface area (Å²) >= 11 is 0. The molecule has 0 spiro atoms. The van der Waals surface area contributed by atoms with Crippen molar-refractivity contribution in [3.63, 3.8) is 0 Å². The number of amides is 2. The van der Waals surface area contributed by atoms with Gasteiger partial charge in [0.15, 0.2) is 0 Å². The Balaban J connectivity index is 1.82. The van der Waals surface area contributed by atoms with E-state index in [1.165, 1.54) is 24.3 Å². The fraction of sp³-hybridized carbons (Fsp3) is 0.154. The molecule has 5 nitrogen and oxygen atoms in total. The van der Waals surface area contributed by atoms with E-state index in [1.807, 2.05) is 39.0 Å². The molecule has 1 heterocycles. The molecule has 0 aromatic heterocycles. The molecule has 0 saturated heterocycles.